The fraction of sp³-hybridized carbons (Fsp3) is 0.500. The molecule has 1 aliphatic heterocycles. The van der Waals surface area contributed by atoms with Crippen molar-refractivity contribution in [2.75, 3.05) is 26.2 Å². The smallest absolute Gasteiger partial charge is 0.272 e. The summed E-state index contributed by atoms with van der Waals surface area (Å²) < 4.78 is 0. The third kappa shape index (κ3) is 2.69. The van der Waals surface area contributed by atoms with Gasteiger partial charge in [0.15, 0.2) is 0 Å². The predicted octanol–water partition coefficient (Wildman–Crippen LogP) is 0.960. The summed E-state index contributed by atoms with van der Waals surface area (Å²) in [7, 11) is 0. The molecule has 0 bridgehead atoms. The Hall–Kier alpha value is -2.15. The summed E-state index contributed by atoms with van der Waals surface area (Å²) in [6.07, 6.45) is 5.18. The normalized spacial score (nSPS) is 19.9. The van der Waals surface area contributed by atoms with E-state index in [0.717, 1.165) is 31.3 Å². The van der Waals surface area contributed by atoms with Crippen LogP contribution in [0.3, 0.4) is 0 Å². The average molecular weight is 288 g/mol. The highest BCUT2D eigenvalue weighted by atomic mass is 16.2. The number of imidazole rings is 2. The number of nitrogens with zero attached hydrogens (tertiary/aromatic N) is 4. The van der Waals surface area contributed by atoms with E-state index in [9.17, 15) is 4.79 Å². The van der Waals surface area contributed by atoms with Crippen LogP contribution in [-0.2, 0) is 0 Å². The Morgan fingerprint density at radius 2 is 2.29 bits per heavy atom. The number of carbonyl (C=O) groups excluding carboxylic acids is 1. The molecule has 3 heterocycles. The molecule has 7 heteroatoms. The van der Waals surface area contributed by atoms with Crippen LogP contribution in [-0.4, -0.2) is 61.8 Å². The van der Waals surface area contributed by atoms with Crippen molar-refractivity contribution in [3.63, 3.8) is 0 Å². The molecule has 1 amide bonds. The van der Waals surface area contributed by atoms with E-state index in [1.54, 1.807) is 12.4 Å². The van der Waals surface area contributed by atoms with Gasteiger partial charge in [-0.2, -0.15) is 0 Å². The molecular weight excluding hydrogens is 268 g/mol. The molecule has 1 fully saturated rings. The second kappa shape index (κ2) is 5.69. The first kappa shape index (κ1) is 13.8. The zero-order chi connectivity index (χ0) is 14.8. The van der Waals surface area contributed by atoms with Crippen molar-refractivity contribution in [3.05, 3.63) is 35.9 Å². The number of hydrogen-bond donors (Lipinski definition) is 2. The number of aromatic nitrogens is 4. The van der Waals surface area contributed by atoms with Crippen molar-refractivity contribution >= 4 is 5.91 Å². The maximum Gasteiger partial charge on any atom is 0.272 e. The first-order valence-corrected chi connectivity index (χ1v) is 7.23. The Bertz CT molecular complexity index is 605. The maximum atomic E-state index is 12.5. The molecule has 2 N–H and O–H groups in total. The molecule has 112 valence electrons. The number of nitrogens with one attached hydrogen (secondary N) is 2. The minimum atomic E-state index is 0.00269. The zero-order valence-electron chi connectivity index (χ0n) is 12.3. The SMILES string of the molecule is CCN1CCN(C(=O)c2cnc(C)[nH]2)CC1c1ncc[nH]1. The standard InChI is InChI=1S/C14H20N6O/c1-3-19-6-7-20(9-12(19)13-15-4-5-16-13)14(21)11-8-17-10(2)18-11/h4-5,8,12H,3,6-7,9H2,1-2H3,(H,15,16)(H,17,18). The lowest BCUT2D eigenvalue weighted by Gasteiger charge is -2.39. The molecular formula is C14H20N6O. The van der Waals surface area contributed by atoms with Crippen LogP contribution in [0.2, 0.25) is 0 Å². The van der Waals surface area contributed by atoms with E-state index in [-0.39, 0.29) is 11.9 Å². The van der Waals surface area contributed by atoms with Gasteiger partial charge < -0.3 is 14.9 Å². The van der Waals surface area contributed by atoms with E-state index in [1.165, 1.54) is 0 Å². The van der Waals surface area contributed by atoms with Crippen LogP contribution in [0, 0.1) is 6.92 Å². The van der Waals surface area contributed by atoms with Crippen LogP contribution in [0.5, 0.6) is 0 Å². The van der Waals surface area contributed by atoms with Gasteiger partial charge in [-0.3, -0.25) is 9.69 Å². The summed E-state index contributed by atoms with van der Waals surface area (Å²) in [5.74, 6) is 1.67. The van der Waals surface area contributed by atoms with Gasteiger partial charge in [0.25, 0.3) is 5.91 Å². The maximum absolute atomic E-state index is 12.5. The highest BCUT2D eigenvalue weighted by molar-refractivity contribution is 5.92. The number of carbonyl (C=O) groups is 1. The summed E-state index contributed by atoms with van der Waals surface area (Å²) >= 11 is 0. The predicted molar refractivity (Wildman–Crippen MR) is 77.8 cm³/mol. The number of likely N-dealkylation sites (N-methyl/N-ethyl adjacent to an activating group) is 1. The number of rotatable bonds is 3. The Labute approximate surface area is 123 Å². The Balaban J connectivity index is 1.78. The monoisotopic (exact) mass is 288 g/mol. The Morgan fingerprint density at radius 1 is 1.43 bits per heavy atom. The lowest BCUT2D eigenvalue weighted by atomic mass is 10.1. The fourth-order valence-electron chi connectivity index (χ4n) is 2.80. The molecule has 1 unspecified atom stereocenters. The first-order chi connectivity index (χ1) is 10.2. The molecule has 2 aromatic heterocycles. The van der Waals surface area contributed by atoms with Crippen molar-refractivity contribution in [1.29, 1.82) is 0 Å². The number of hydrogen-bond acceptors (Lipinski definition) is 4. The largest absolute Gasteiger partial charge is 0.347 e. The van der Waals surface area contributed by atoms with Gasteiger partial charge in [-0.05, 0) is 13.5 Å². The molecule has 7 nitrogen and oxygen atoms in total. The third-order valence-corrected chi connectivity index (χ3v) is 3.95. The molecule has 1 saturated heterocycles. The number of piperazine rings is 1. The average Bonchev–Trinajstić information content (AvgIpc) is 3.17. The Kier molecular flexibility index (Phi) is 3.74. The second-order valence-corrected chi connectivity index (χ2v) is 5.25. The van der Waals surface area contributed by atoms with E-state index in [0.29, 0.717) is 12.2 Å². The molecule has 0 radical (unpaired) electrons. The van der Waals surface area contributed by atoms with Gasteiger partial charge in [-0.15, -0.1) is 0 Å². The minimum absolute atomic E-state index is 0.00269. The van der Waals surface area contributed by atoms with Crippen molar-refractivity contribution in [3.8, 4) is 0 Å². The van der Waals surface area contributed by atoms with E-state index in [2.05, 4.69) is 31.8 Å². The van der Waals surface area contributed by atoms with Crippen LogP contribution >= 0.6 is 0 Å². The van der Waals surface area contributed by atoms with E-state index in [1.807, 2.05) is 18.0 Å². The molecule has 1 atom stereocenters. The number of amides is 1. The molecule has 2 aromatic rings. The summed E-state index contributed by atoms with van der Waals surface area (Å²) in [6.45, 7) is 7.13. The van der Waals surface area contributed by atoms with Gasteiger partial charge >= 0.3 is 0 Å². The van der Waals surface area contributed by atoms with Crippen molar-refractivity contribution in [2.24, 2.45) is 0 Å². The first-order valence-electron chi connectivity index (χ1n) is 7.23. The van der Waals surface area contributed by atoms with Gasteiger partial charge in [0, 0.05) is 32.0 Å². The molecule has 0 spiro atoms. The van der Waals surface area contributed by atoms with Crippen LogP contribution in [0.1, 0.15) is 35.1 Å². The quantitative estimate of drug-likeness (QED) is 0.881. The summed E-state index contributed by atoms with van der Waals surface area (Å²) in [6, 6.07) is 0.117. The van der Waals surface area contributed by atoms with Gasteiger partial charge in [0.05, 0.1) is 12.2 Å². The highest BCUT2D eigenvalue weighted by Gasteiger charge is 2.31. The molecule has 0 saturated carbocycles. The van der Waals surface area contributed by atoms with Crippen LogP contribution in [0.4, 0.5) is 0 Å². The van der Waals surface area contributed by atoms with Crippen molar-refractivity contribution in [1.82, 2.24) is 29.7 Å². The number of H-pyrrole nitrogens is 2. The van der Waals surface area contributed by atoms with E-state index >= 15 is 0 Å². The zero-order valence-corrected chi connectivity index (χ0v) is 12.3. The minimum Gasteiger partial charge on any atom is -0.347 e. The van der Waals surface area contributed by atoms with E-state index in [4.69, 9.17) is 0 Å². The van der Waals surface area contributed by atoms with Crippen molar-refractivity contribution in [2.45, 2.75) is 19.9 Å². The highest BCUT2D eigenvalue weighted by Crippen LogP contribution is 2.23. The summed E-state index contributed by atoms with van der Waals surface area (Å²) in [4.78, 5) is 31.4. The number of aryl methyl sites for hydroxylation is 1. The molecule has 0 aromatic carbocycles. The fourth-order valence-corrected chi connectivity index (χ4v) is 2.80. The van der Waals surface area contributed by atoms with Crippen LogP contribution in [0.25, 0.3) is 0 Å². The summed E-state index contributed by atoms with van der Waals surface area (Å²) in [5.41, 5.74) is 0.552. The van der Waals surface area contributed by atoms with Gasteiger partial charge in [0.1, 0.15) is 17.3 Å². The second-order valence-electron chi connectivity index (χ2n) is 5.25. The van der Waals surface area contributed by atoms with Gasteiger partial charge in [0.2, 0.25) is 0 Å². The van der Waals surface area contributed by atoms with Crippen molar-refractivity contribution < 1.29 is 4.79 Å². The van der Waals surface area contributed by atoms with E-state index < -0.39 is 0 Å². The topological polar surface area (TPSA) is 80.9 Å². The van der Waals surface area contributed by atoms with Gasteiger partial charge in [-0.1, -0.05) is 6.92 Å². The summed E-state index contributed by atoms with van der Waals surface area (Å²) in [5, 5.41) is 0. The third-order valence-electron chi connectivity index (χ3n) is 3.95. The number of aromatic amines is 2. The molecule has 21 heavy (non-hydrogen) atoms. The molecule has 3 rings (SSSR count). The van der Waals surface area contributed by atoms with Crippen LogP contribution in [0.15, 0.2) is 18.6 Å². The Morgan fingerprint density at radius 3 is 2.90 bits per heavy atom. The molecule has 0 aliphatic carbocycles. The van der Waals surface area contributed by atoms with Gasteiger partial charge in [-0.25, -0.2) is 9.97 Å². The lowest BCUT2D eigenvalue weighted by Crippen LogP contribution is -2.50. The molecule has 1 aliphatic rings. The van der Waals surface area contributed by atoms with Crippen LogP contribution < -0.4 is 0 Å². The lowest BCUT2D eigenvalue weighted by molar-refractivity contribution is 0.0475.